The second-order valence-electron chi connectivity index (χ2n) is 4.16. The number of benzene rings is 2. The van der Waals surface area contributed by atoms with Crippen LogP contribution < -0.4 is 5.43 Å². The minimum atomic E-state index is -0.207. The zero-order valence-electron chi connectivity index (χ0n) is 10.6. The molecule has 0 aliphatic rings. The standard InChI is InChI=1S/C15H13BrN2O2/c16-13-6-7-14(19)12(9-13)10-17-18-15(20)8-11-4-2-1-3-5-11/h1-7,9-10,19H,8H2,(H,18,20)/b17-10+. The molecule has 5 heteroatoms. The summed E-state index contributed by atoms with van der Waals surface area (Å²) in [6, 6.07) is 14.4. The van der Waals surface area contributed by atoms with Gasteiger partial charge < -0.3 is 5.11 Å². The second-order valence-corrected chi connectivity index (χ2v) is 5.07. The van der Waals surface area contributed by atoms with E-state index in [2.05, 4.69) is 26.5 Å². The Morgan fingerprint density at radius 3 is 2.75 bits per heavy atom. The van der Waals surface area contributed by atoms with Crippen LogP contribution in [-0.4, -0.2) is 17.2 Å². The maximum Gasteiger partial charge on any atom is 0.244 e. The Hall–Kier alpha value is -2.14. The van der Waals surface area contributed by atoms with Gasteiger partial charge in [0.1, 0.15) is 5.75 Å². The van der Waals surface area contributed by atoms with Gasteiger partial charge >= 0.3 is 0 Å². The van der Waals surface area contributed by atoms with E-state index in [1.54, 1.807) is 18.2 Å². The summed E-state index contributed by atoms with van der Waals surface area (Å²) in [7, 11) is 0. The largest absolute Gasteiger partial charge is 0.507 e. The number of hydrogen-bond donors (Lipinski definition) is 2. The van der Waals surface area contributed by atoms with Gasteiger partial charge in [-0.15, -0.1) is 0 Å². The van der Waals surface area contributed by atoms with Crippen molar-refractivity contribution in [3.63, 3.8) is 0 Å². The molecule has 2 aromatic rings. The van der Waals surface area contributed by atoms with Crippen molar-refractivity contribution in [1.29, 1.82) is 0 Å². The number of carbonyl (C=O) groups excluding carboxylic acids is 1. The van der Waals surface area contributed by atoms with Gasteiger partial charge in [-0.05, 0) is 23.8 Å². The Kier molecular flexibility index (Phi) is 4.90. The molecule has 0 atom stereocenters. The van der Waals surface area contributed by atoms with E-state index in [-0.39, 0.29) is 18.1 Å². The van der Waals surface area contributed by atoms with E-state index in [1.165, 1.54) is 6.21 Å². The molecule has 0 saturated heterocycles. The van der Waals surface area contributed by atoms with Gasteiger partial charge in [0.05, 0.1) is 12.6 Å². The van der Waals surface area contributed by atoms with Crippen molar-refractivity contribution in [2.75, 3.05) is 0 Å². The molecule has 1 amide bonds. The van der Waals surface area contributed by atoms with Gasteiger partial charge in [-0.25, -0.2) is 5.43 Å². The zero-order chi connectivity index (χ0) is 14.4. The number of nitrogens with one attached hydrogen (secondary N) is 1. The number of hydrogen-bond acceptors (Lipinski definition) is 3. The quantitative estimate of drug-likeness (QED) is 0.668. The van der Waals surface area contributed by atoms with Crippen LogP contribution in [-0.2, 0) is 11.2 Å². The van der Waals surface area contributed by atoms with E-state index in [4.69, 9.17) is 0 Å². The lowest BCUT2D eigenvalue weighted by atomic mass is 10.1. The van der Waals surface area contributed by atoms with Crippen molar-refractivity contribution in [1.82, 2.24) is 5.43 Å². The minimum absolute atomic E-state index is 0.106. The number of phenolic OH excluding ortho intramolecular Hbond substituents is 1. The molecule has 0 spiro atoms. The van der Waals surface area contributed by atoms with Gasteiger partial charge in [-0.1, -0.05) is 46.3 Å². The summed E-state index contributed by atoms with van der Waals surface area (Å²) in [5.74, 6) is -0.101. The molecule has 102 valence electrons. The predicted octanol–water partition coefficient (Wildman–Crippen LogP) is 2.85. The lowest BCUT2D eigenvalue weighted by Gasteiger charge is -2.01. The number of carbonyl (C=O) groups is 1. The fourth-order valence-electron chi connectivity index (χ4n) is 1.62. The van der Waals surface area contributed by atoms with Crippen LogP contribution in [0.4, 0.5) is 0 Å². The van der Waals surface area contributed by atoms with E-state index in [0.717, 1.165) is 10.0 Å². The summed E-state index contributed by atoms with van der Waals surface area (Å²) in [6.07, 6.45) is 1.67. The minimum Gasteiger partial charge on any atom is -0.507 e. The van der Waals surface area contributed by atoms with E-state index in [0.29, 0.717) is 5.56 Å². The Morgan fingerprint density at radius 1 is 1.25 bits per heavy atom. The summed E-state index contributed by atoms with van der Waals surface area (Å²) in [5, 5.41) is 13.4. The van der Waals surface area contributed by atoms with Gasteiger partial charge in [-0.3, -0.25) is 4.79 Å². The van der Waals surface area contributed by atoms with Gasteiger partial charge in [0.25, 0.3) is 0 Å². The Labute approximate surface area is 125 Å². The van der Waals surface area contributed by atoms with Crippen LogP contribution in [0.25, 0.3) is 0 Å². The van der Waals surface area contributed by atoms with E-state index in [1.807, 2.05) is 30.3 Å². The first kappa shape index (κ1) is 14.3. The van der Waals surface area contributed by atoms with E-state index in [9.17, 15) is 9.90 Å². The van der Waals surface area contributed by atoms with E-state index >= 15 is 0 Å². The van der Waals surface area contributed by atoms with Crippen LogP contribution in [0.3, 0.4) is 0 Å². The summed E-state index contributed by atoms with van der Waals surface area (Å²) in [4.78, 5) is 11.7. The van der Waals surface area contributed by atoms with Gasteiger partial charge in [0.15, 0.2) is 0 Å². The highest BCUT2D eigenvalue weighted by Crippen LogP contribution is 2.19. The van der Waals surface area contributed by atoms with Crippen LogP contribution in [0, 0.1) is 0 Å². The fraction of sp³-hybridized carbons (Fsp3) is 0.0667. The first-order valence-electron chi connectivity index (χ1n) is 5.99. The number of hydrazone groups is 1. The number of amides is 1. The summed E-state index contributed by atoms with van der Waals surface area (Å²) in [6.45, 7) is 0. The average molecular weight is 333 g/mol. The summed E-state index contributed by atoms with van der Waals surface area (Å²) in [5.41, 5.74) is 3.88. The van der Waals surface area contributed by atoms with Crippen molar-refractivity contribution in [2.24, 2.45) is 5.10 Å². The number of halogens is 1. The second kappa shape index (κ2) is 6.86. The van der Waals surface area contributed by atoms with Crippen molar-refractivity contribution in [3.05, 3.63) is 64.1 Å². The molecular weight excluding hydrogens is 320 g/mol. The van der Waals surface area contributed by atoms with Crippen molar-refractivity contribution in [2.45, 2.75) is 6.42 Å². The molecule has 0 aliphatic carbocycles. The molecule has 0 radical (unpaired) electrons. The normalized spacial score (nSPS) is 10.7. The predicted molar refractivity (Wildman–Crippen MR) is 81.7 cm³/mol. The average Bonchev–Trinajstić information content (AvgIpc) is 2.44. The highest BCUT2D eigenvalue weighted by Gasteiger charge is 2.02. The van der Waals surface area contributed by atoms with Gasteiger partial charge in [-0.2, -0.15) is 5.10 Å². The molecule has 0 bridgehead atoms. The molecule has 0 unspecified atom stereocenters. The smallest absolute Gasteiger partial charge is 0.244 e. The topological polar surface area (TPSA) is 61.7 Å². The Morgan fingerprint density at radius 2 is 2.00 bits per heavy atom. The van der Waals surface area contributed by atoms with Crippen molar-refractivity contribution >= 4 is 28.1 Å². The third kappa shape index (κ3) is 4.20. The van der Waals surface area contributed by atoms with Crippen LogP contribution in [0.5, 0.6) is 5.75 Å². The number of phenols is 1. The maximum atomic E-state index is 11.7. The monoisotopic (exact) mass is 332 g/mol. The molecule has 20 heavy (non-hydrogen) atoms. The number of nitrogens with zero attached hydrogens (tertiary/aromatic N) is 1. The third-order valence-corrected chi connectivity index (χ3v) is 3.08. The first-order chi connectivity index (χ1) is 9.65. The lowest BCUT2D eigenvalue weighted by molar-refractivity contribution is -0.120. The molecule has 2 rings (SSSR count). The van der Waals surface area contributed by atoms with Crippen LogP contribution in [0.15, 0.2) is 58.1 Å². The molecule has 0 saturated carbocycles. The molecule has 2 N–H and O–H groups in total. The fourth-order valence-corrected chi connectivity index (χ4v) is 2.00. The maximum absolute atomic E-state index is 11.7. The van der Waals surface area contributed by atoms with E-state index < -0.39 is 0 Å². The van der Waals surface area contributed by atoms with Crippen molar-refractivity contribution in [3.8, 4) is 5.75 Å². The third-order valence-electron chi connectivity index (χ3n) is 2.59. The van der Waals surface area contributed by atoms with Crippen LogP contribution >= 0.6 is 15.9 Å². The molecule has 0 aliphatic heterocycles. The molecule has 4 nitrogen and oxygen atoms in total. The van der Waals surface area contributed by atoms with Crippen LogP contribution in [0.2, 0.25) is 0 Å². The number of aromatic hydroxyl groups is 1. The SMILES string of the molecule is O=C(Cc1ccccc1)N/N=C/c1cc(Br)ccc1O. The van der Waals surface area contributed by atoms with Crippen molar-refractivity contribution < 1.29 is 9.90 Å². The summed E-state index contributed by atoms with van der Waals surface area (Å²) < 4.78 is 0.826. The zero-order valence-corrected chi connectivity index (χ0v) is 12.2. The Balaban J connectivity index is 1.93. The van der Waals surface area contributed by atoms with Crippen LogP contribution in [0.1, 0.15) is 11.1 Å². The number of rotatable bonds is 4. The highest BCUT2D eigenvalue weighted by atomic mass is 79.9. The van der Waals surface area contributed by atoms with Gasteiger partial charge in [0, 0.05) is 10.0 Å². The lowest BCUT2D eigenvalue weighted by Crippen LogP contribution is -2.19. The molecular formula is C15H13BrN2O2. The molecule has 0 aromatic heterocycles. The molecule has 0 fully saturated rings. The Bertz CT molecular complexity index is 627. The molecule has 0 heterocycles. The molecule has 2 aromatic carbocycles. The highest BCUT2D eigenvalue weighted by molar-refractivity contribution is 9.10. The summed E-state index contributed by atoms with van der Waals surface area (Å²) >= 11 is 3.30. The van der Waals surface area contributed by atoms with Gasteiger partial charge in [0.2, 0.25) is 5.91 Å². The first-order valence-corrected chi connectivity index (χ1v) is 6.79.